The fourth-order valence-electron chi connectivity index (χ4n) is 4.15. The van der Waals surface area contributed by atoms with Crippen LogP contribution in [0.2, 0.25) is 0 Å². The first-order chi connectivity index (χ1) is 15.7. The summed E-state index contributed by atoms with van der Waals surface area (Å²) in [6.07, 6.45) is 3.15. The summed E-state index contributed by atoms with van der Waals surface area (Å²) < 4.78 is 1.53. The highest BCUT2D eigenvalue weighted by Crippen LogP contribution is 2.22. The Bertz CT molecular complexity index is 1020. The number of tetrazole rings is 1. The molecular formula is C24H28N6O2. The van der Waals surface area contributed by atoms with E-state index < -0.39 is 6.04 Å². The summed E-state index contributed by atoms with van der Waals surface area (Å²) in [6.45, 7) is 4.30. The van der Waals surface area contributed by atoms with Gasteiger partial charge < -0.3 is 9.80 Å². The van der Waals surface area contributed by atoms with Gasteiger partial charge in [-0.3, -0.25) is 9.59 Å². The van der Waals surface area contributed by atoms with Crippen molar-refractivity contribution in [2.75, 3.05) is 19.6 Å². The third kappa shape index (κ3) is 5.01. The van der Waals surface area contributed by atoms with Crippen molar-refractivity contribution in [1.82, 2.24) is 30.0 Å². The SMILES string of the molecule is CCCN1CCN(C(=O)CCn2cnnn2)[C@H](Cc2ccc(-c3ccccc3)cc2)C1=O. The average molecular weight is 433 g/mol. The van der Waals surface area contributed by atoms with Crippen molar-refractivity contribution < 1.29 is 9.59 Å². The number of benzene rings is 2. The summed E-state index contributed by atoms with van der Waals surface area (Å²) in [7, 11) is 0. The van der Waals surface area contributed by atoms with Crippen LogP contribution in [0.4, 0.5) is 0 Å². The van der Waals surface area contributed by atoms with Crippen molar-refractivity contribution in [2.45, 2.75) is 38.8 Å². The topological polar surface area (TPSA) is 84.2 Å². The van der Waals surface area contributed by atoms with Crippen molar-refractivity contribution in [2.24, 2.45) is 0 Å². The molecule has 3 aromatic rings. The summed E-state index contributed by atoms with van der Waals surface area (Å²) in [5.74, 6) is -0.0167. The van der Waals surface area contributed by atoms with E-state index in [1.165, 1.54) is 11.0 Å². The Morgan fingerprint density at radius 3 is 2.44 bits per heavy atom. The zero-order valence-corrected chi connectivity index (χ0v) is 18.3. The average Bonchev–Trinajstić information content (AvgIpc) is 3.35. The standard InChI is InChI=1S/C24H28N6O2/c1-2-13-28-15-16-30(23(31)12-14-29-18-25-26-27-29)22(24(28)32)17-19-8-10-21(11-9-19)20-6-4-3-5-7-20/h3-11,18,22H,2,12-17H2,1H3/t22-/m1/s1. The number of nitrogens with zero attached hydrogens (tertiary/aromatic N) is 6. The first-order valence-corrected chi connectivity index (χ1v) is 11.1. The Morgan fingerprint density at radius 2 is 1.75 bits per heavy atom. The minimum atomic E-state index is -0.487. The molecule has 0 spiro atoms. The van der Waals surface area contributed by atoms with Crippen molar-refractivity contribution in [3.63, 3.8) is 0 Å². The van der Waals surface area contributed by atoms with E-state index in [9.17, 15) is 9.59 Å². The molecule has 32 heavy (non-hydrogen) atoms. The van der Waals surface area contributed by atoms with Gasteiger partial charge in [-0.2, -0.15) is 0 Å². The second-order valence-electron chi connectivity index (χ2n) is 8.02. The Balaban J connectivity index is 1.49. The van der Waals surface area contributed by atoms with Crippen LogP contribution in [0.1, 0.15) is 25.3 Å². The number of aryl methyl sites for hydroxylation is 1. The quantitative estimate of drug-likeness (QED) is 0.546. The van der Waals surface area contributed by atoms with Crippen LogP contribution in [0, 0.1) is 0 Å². The smallest absolute Gasteiger partial charge is 0.245 e. The van der Waals surface area contributed by atoms with E-state index in [0.29, 0.717) is 26.1 Å². The van der Waals surface area contributed by atoms with Crippen molar-refractivity contribution in [3.05, 3.63) is 66.5 Å². The lowest BCUT2D eigenvalue weighted by atomic mass is 9.98. The molecule has 0 aliphatic carbocycles. The Morgan fingerprint density at radius 1 is 1.00 bits per heavy atom. The van der Waals surface area contributed by atoms with Crippen LogP contribution in [0.5, 0.6) is 0 Å². The molecule has 0 N–H and O–H groups in total. The Hall–Kier alpha value is -3.55. The van der Waals surface area contributed by atoms with E-state index in [0.717, 1.165) is 29.7 Å². The molecule has 166 valence electrons. The molecule has 0 bridgehead atoms. The molecule has 1 aromatic heterocycles. The van der Waals surface area contributed by atoms with Crippen LogP contribution in [-0.2, 0) is 22.6 Å². The number of piperazine rings is 1. The highest BCUT2D eigenvalue weighted by Gasteiger charge is 2.36. The molecule has 8 nitrogen and oxygen atoms in total. The molecule has 1 aliphatic rings. The van der Waals surface area contributed by atoms with Crippen molar-refractivity contribution in [1.29, 1.82) is 0 Å². The fraction of sp³-hybridized carbons (Fsp3) is 0.375. The molecule has 1 atom stereocenters. The minimum Gasteiger partial charge on any atom is -0.339 e. The molecule has 1 saturated heterocycles. The van der Waals surface area contributed by atoms with Crippen molar-refractivity contribution in [3.8, 4) is 11.1 Å². The number of carbonyl (C=O) groups is 2. The minimum absolute atomic E-state index is 0.0287. The molecule has 2 aromatic carbocycles. The Labute approximate surface area is 187 Å². The lowest BCUT2D eigenvalue weighted by molar-refractivity contribution is -0.151. The molecule has 1 fully saturated rings. The Kier molecular flexibility index (Phi) is 6.89. The molecular weight excluding hydrogens is 404 g/mol. The van der Waals surface area contributed by atoms with Crippen LogP contribution in [-0.4, -0.2) is 67.5 Å². The maximum absolute atomic E-state index is 13.3. The van der Waals surface area contributed by atoms with Crippen LogP contribution >= 0.6 is 0 Å². The maximum Gasteiger partial charge on any atom is 0.245 e. The van der Waals surface area contributed by atoms with Crippen LogP contribution in [0.3, 0.4) is 0 Å². The first kappa shape index (κ1) is 21.7. The zero-order chi connectivity index (χ0) is 22.3. The van der Waals surface area contributed by atoms with Gasteiger partial charge in [-0.15, -0.1) is 5.10 Å². The summed E-state index contributed by atoms with van der Waals surface area (Å²) in [5, 5.41) is 11.0. The van der Waals surface area contributed by atoms with Gasteiger partial charge in [-0.25, -0.2) is 4.68 Å². The molecule has 0 saturated carbocycles. The molecule has 1 aliphatic heterocycles. The summed E-state index contributed by atoms with van der Waals surface area (Å²) in [6, 6.07) is 18.0. The molecule has 8 heteroatoms. The third-order valence-electron chi connectivity index (χ3n) is 5.83. The molecule has 2 heterocycles. The van der Waals surface area contributed by atoms with Crippen molar-refractivity contribution >= 4 is 11.8 Å². The van der Waals surface area contributed by atoms with Gasteiger partial charge in [-0.1, -0.05) is 61.5 Å². The van der Waals surface area contributed by atoms with E-state index in [1.807, 2.05) is 23.1 Å². The number of hydrogen-bond donors (Lipinski definition) is 0. The van der Waals surface area contributed by atoms with Gasteiger partial charge in [0.05, 0.1) is 6.54 Å². The third-order valence-corrected chi connectivity index (χ3v) is 5.83. The fourth-order valence-corrected chi connectivity index (χ4v) is 4.15. The summed E-state index contributed by atoms with van der Waals surface area (Å²) in [4.78, 5) is 29.9. The van der Waals surface area contributed by atoms with Crippen LogP contribution < -0.4 is 0 Å². The normalized spacial score (nSPS) is 16.4. The van der Waals surface area contributed by atoms with E-state index in [1.54, 1.807) is 4.90 Å². The van der Waals surface area contributed by atoms with Crippen LogP contribution in [0.15, 0.2) is 60.9 Å². The second kappa shape index (κ2) is 10.2. The molecule has 0 unspecified atom stereocenters. The number of aromatic nitrogens is 4. The van der Waals surface area contributed by atoms with Gasteiger partial charge in [0.25, 0.3) is 0 Å². The number of hydrogen-bond acceptors (Lipinski definition) is 5. The van der Waals surface area contributed by atoms with E-state index >= 15 is 0 Å². The van der Waals surface area contributed by atoms with Gasteiger partial charge >= 0.3 is 0 Å². The lowest BCUT2D eigenvalue weighted by Gasteiger charge is -2.41. The van der Waals surface area contributed by atoms with Crippen LogP contribution in [0.25, 0.3) is 11.1 Å². The van der Waals surface area contributed by atoms with Gasteiger partial charge in [0, 0.05) is 32.5 Å². The number of amides is 2. The zero-order valence-electron chi connectivity index (χ0n) is 18.3. The van der Waals surface area contributed by atoms with Gasteiger partial charge in [0.2, 0.25) is 11.8 Å². The number of rotatable bonds is 8. The highest BCUT2D eigenvalue weighted by atomic mass is 16.2. The number of carbonyl (C=O) groups excluding carboxylic acids is 2. The van der Waals surface area contributed by atoms with E-state index in [4.69, 9.17) is 0 Å². The van der Waals surface area contributed by atoms with E-state index in [2.05, 4.69) is 58.8 Å². The summed E-state index contributed by atoms with van der Waals surface area (Å²) in [5.41, 5.74) is 3.33. The first-order valence-electron chi connectivity index (χ1n) is 11.1. The lowest BCUT2D eigenvalue weighted by Crippen LogP contribution is -2.59. The molecule has 4 rings (SSSR count). The van der Waals surface area contributed by atoms with Gasteiger partial charge in [0.1, 0.15) is 12.4 Å². The highest BCUT2D eigenvalue weighted by molar-refractivity contribution is 5.89. The monoisotopic (exact) mass is 432 g/mol. The van der Waals surface area contributed by atoms with Gasteiger partial charge in [0.15, 0.2) is 0 Å². The largest absolute Gasteiger partial charge is 0.339 e. The molecule has 2 amide bonds. The summed E-state index contributed by atoms with van der Waals surface area (Å²) >= 11 is 0. The predicted octanol–water partition coefficient (Wildman–Crippen LogP) is 2.42. The van der Waals surface area contributed by atoms with E-state index in [-0.39, 0.29) is 18.2 Å². The molecule has 0 radical (unpaired) electrons. The maximum atomic E-state index is 13.3. The van der Waals surface area contributed by atoms with Gasteiger partial charge in [-0.05, 0) is 33.5 Å². The second-order valence-corrected chi connectivity index (χ2v) is 8.02. The predicted molar refractivity (Wildman–Crippen MR) is 120 cm³/mol.